The summed E-state index contributed by atoms with van der Waals surface area (Å²) in [6.45, 7) is 4.34. The van der Waals surface area contributed by atoms with E-state index in [0.717, 1.165) is 5.56 Å². The number of methoxy groups -OCH3 is 1. The number of rotatable bonds is 6. The Morgan fingerprint density at radius 1 is 1.44 bits per heavy atom. The first kappa shape index (κ1) is 14.5. The monoisotopic (exact) mass is 252 g/mol. The Morgan fingerprint density at radius 2 is 2.17 bits per heavy atom. The summed E-state index contributed by atoms with van der Waals surface area (Å²) in [5.41, 5.74) is 3.21. The van der Waals surface area contributed by atoms with Crippen molar-refractivity contribution >= 4 is 5.91 Å². The Hall–Kier alpha value is -1.59. The van der Waals surface area contributed by atoms with Crippen LogP contribution in [0.4, 0.5) is 0 Å². The summed E-state index contributed by atoms with van der Waals surface area (Å²) < 4.78 is 10.5. The van der Waals surface area contributed by atoms with Crippen molar-refractivity contribution in [3.05, 3.63) is 29.8 Å². The third kappa shape index (κ3) is 4.01. The summed E-state index contributed by atoms with van der Waals surface area (Å²) >= 11 is 0. The van der Waals surface area contributed by atoms with Gasteiger partial charge in [0.1, 0.15) is 5.75 Å². The molecule has 0 bridgehead atoms. The van der Waals surface area contributed by atoms with Crippen LogP contribution < -0.4 is 16.0 Å². The molecule has 0 aliphatic heterocycles. The highest BCUT2D eigenvalue weighted by Gasteiger charge is 2.19. The van der Waals surface area contributed by atoms with Gasteiger partial charge in [-0.1, -0.05) is 26.0 Å². The van der Waals surface area contributed by atoms with Gasteiger partial charge in [0.05, 0.1) is 6.61 Å². The van der Waals surface area contributed by atoms with Gasteiger partial charge in [0.2, 0.25) is 6.10 Å². The number of ether oxygens (including phenoxy) is 2. The molecule has 1 atom stereocenters. The minimum absolute atomic E-state index is 0.148. The quantitative estimate of drug-likeness (QED) is 0.453. The average Bonchev–Trinajstić information content (AvgIpc) is 2.37. The van der Waals surface area contributed by atoms with Crippen molar-refractivity contribution in [3.63, 3.8) is 0 Å². The zero-order valence-corrected chi connectivity index (χ0v) is 11.0. The molecule has 0 fully saturated rings. The molecule has 0 aliphatic carbocycles. The lowest BCUT2D eigenvalue weighted by Gasteiger charge is -2.17. The van der Waals surface area contributed by atoms with E-state index in [4.69, 9.17) is 15.3 Å². The van der Waals surface area contributed by atoms with Crippen LogP contribution in [-0.4, -0.2) is 25.7 Å². The first-order valence-electron chi connectivity index (χ1n) is 5.84. The highest BCUT2D eigenvalue weighted by Crippen LogP contribution is 2.21. The predicted octanol–water partition coefficient (Wildman–Crippen LogP) is 1.19. The molecule has 1 aromatic rings. The van der Waals surface area contributed by atoms with Crippen molar-refractivity contribution in [1.82, 2.24) is 5.43 Å². The van der Waals surface area contributed by atoms with Crippen molar-refractivity contribution in [3.8, 4) is 5.75 Å². The fourth-order valence-corrected chi connectivity index (χ4v) is 1.52. The lowest BCUT2D eigenvalue weighted by molar-refractivity contribution is -0.130. The van der Waals surface area contributed by atoms with Gasteiger partial charge in [-0.05, 0) is 23.6 Å². The maximum absolute atomic E-state index is 11.5. The molecular weight excluding hydrogens is 232 g/mol. The number of benzene rings is 1. The van der Waals surface area contributed by atoms with E-state index in [1.165, 1.54) is 7.11 Å². The van der Waals surface area contributed by atoms with Crippen LogP contribution in [0.15, 0.2) is 24.3 Å². The Kier molecular flexibility index (Phi) is 5.61. The molecule has 0 saturated carbocycles. The molecule has 1 amide bonds. The van der Waals surface area contributed by atoms with E-state index in [-0.39, 0.29) is 6.61 Å². The van der Waals surface area contributed by atoms with Gasteiger partial charge >= 0.3 is 0 Å². The first-order chi connectivity index (χ1) is 8.58. The number of amides is 1. The molecule has 0 heterocycles. The zero-order valence-electron chi connectivity index (χ0n) is 11.0. The molecule has 0 aromatic heterocycles. The van der Waals surface area contributed by atoms with Crippen molar-refractivity contribution in [2.75, 3.05) is 13.7 Å². The Labute approximate surface area is 107 Å². The number of hydrogen-bond donors (Lipinski definition) is 2. The fraction of sp³-hybridized carbons (Fsp3) is 0.462. The Balaban J connectivity index is 2.80. The van der Waals surface area contributed by atoms with E-state index < -0.39 is 12.0 Å². The molecule has 18 heavy (non-hydrogen) atoms. The number of nitrogens with two attached hydrogens (primary N) is 1. The van der Waals surface area contributed by atoms with E-state index in [1.54, 1.807) is 6.07 Å². The minimum atomic E-state index is -0.748. The van der Waals surface area contributed by atoms with Gasteiger partial charge in [-0.15, -0.1) is 0 Å². The highest BCUT2D eigenvalue weighted by atomic mass is 16.5. The zero-order chi connectivity index (χ0) is 13.5. The van der Waals surface area contributed by atoms with Gasteiger partial charge in [-0.3, -0.25) is 10.2 Å². The van der Waals surface area contributed by atoms with Gasteiger partial charge in [0, 0.05) is 7.11 Å². The number of hydrogen-bond acceptors (Lipinski definition) is 4. The minimum Gasteiger partial charge on any atom is -0.478 e. The number of nitrogens with one attached hydrogen (secondary N) is 1. The summed E-state index contributed by atoms with van der Waals surface area (Å²) in [5.74, 6) is 5.72. The molecule has 0 radical (unpaired) electrons. The van der Waals surface area contributed by atoms with Crippen LogP contribution >= 0.6 is 0 Å². The van der Waals surface area contributed by atoms with Gasteiger partial charge in [0.15, 0.2) is 0 Å². The van der Waals surface area contributed by atoms with Crippen molar-refractivity contribution in [2.24, 2.45) is 5.84 Å². The van der Waals surface area contributed by atoms with Gasteiger partial charge in [0.25, 0.3) is 5.91 Å². The van der Waals surface area contributed by atoms with E-state index in [1.807, 2.05) is 18.2 Å². The molecule has 1 unspecified atom stereocenters. The summed E-state index contributed by atoms with van der Waals surface area (Å²) in [6.07, 6.45) is -0.748. The third-order valence-electron chi connectivity index (χ3n) is 2.56. The van der Waals surface area contributed by atoms with Crippen LogP contribution in [-0.2, 0) is 9.53 Å². The highest BCUT2D eigenvalue weighted by molar-refractivity contribution is 5.80. The summed E-state index contributed by atoms with van der Waals surface area (Å²) in [7, 11) is 1.50. The van der Waals surface area contributed by atoms with E-state index in [9.17, 15) is 4.79 Å². The molecule has 1 aromatic carbocycles. The lowest BCUT2D eigenvalue weighted by atomic mass is 10.0. The van der Waals surface area contributed by atoms with Crippen LogP contribution in [0, 0.1) is 0 Å². The molecular formula is C13H20N2O3. The number of hydrazine groups is 1. The smallest absolute Gasteiger partial charge is 0.277 e. The second kappa shape index (κ2) is 6.98. The van der Waals surface area contributed by atoms with Crippen LogP contribution in [0.3, 0.4) is 0 Å². The third-order valence-corrected chi connectivity index (χ3v) is 2.56. The van der Waals surface area contributed by atoms with E-state index >= 15 is 0 Å². The molecule has 3 N–H and O–H groups in total. The second-order valence-electron chi connectivity index (χ2n) is 4.30. The molecule has 5 heteroatoms. The number of carbonyl (C=O) groups is 1. The normalized spacial score (nSPS) is 12.3. The topological polar surface area (TPSA) is 73.6 Å². The molecule has 5 nitrogen and oxygen atoms in total. The second-order valence-corrected chi connectivity index (χ2v) is 4.30. The summed E-state index contributed by atoms with van der Waals surface area (Å²) in [6, 6.07) is 7.64. The maximum Gasteiger partial charge on any atom is 0.277 e. The van der Waals surface area contributed by atoms with Crippen molar-refractivity contribution in [1.29, 1.82) is 0 Å². The van der Waals surface area contributed by atoms with E-state index in [0.29, 0.717) is 11.7 Å². The maximum atomic E-state index is 11.5. The Bertz CT molecular complexity index is 394. The largest absolute Gasteiger partial charge is 0.478 e. The van der Waals surface area contributed by atoms with Gasteiger partial charge in [-0.2, -0.15) is 0 Å². The van der Waals surface area contributed by atoms with Crippen LogP contribution in [0.25, 0.3) is 0 Å². The molecule has 1 rings (SSSR count). The summed E-state index contributed by atoms with van der Waals surface area (Å²) in [5, 5.41) is 0. The average molecular weight is 252 g/mol. The van der Waals surface area contributed by atoms with Crippen molar-refractivity contribution < 1.29 is 14.3 Å². The summed E-state index contributed by atoms with van der Waals surface area (Å²) in [4.78, 5) is 11.5. The molecule has 0 spiro atoms. The van der Waals surface area contributed by atoms with Crippen LogP contribution in [0.5, 0.6) is 5.75 Å². The van der Waals surface area contributed by atoms with E-state index in [2.05, 4.69) is 19.3 Å². The van der Waals surface area contributed by atoms with Gasteiger partial charge < -0.3 is 9.47 Å². The van der Waals surface area contributed by atoms with Crippen molar-refractivity contribution in [2.45, 2.75) is 25.9 Å². The lowest BCUT2D eigenvalue weighted by Crippen LogP contribution is -2.44. The SMILES string of the molecule is COCC(Oc1cccc(C(C)C)c1)C(=O)NN. The van der Waals surface area contributed by atoms with Crippen LogP contribution in [0.2, 0.25) is 0 Å². The fourth-order valence-electron chi connectivity index (χ4n) is 1.52. The predicted molar refractivity (Wildman–Crippen MR) is 69.2 cm³/mol. The first-order valence-corrected chi connectivity index (χ1v) is 5.84. The number of carbonyl (C=O) groups excluding carboxylic acids is 1. The molecule has 0 aliphatic rings. The molecule has 0 saturated heterocycles. The molecule has 100 valence electrons. The van der Waals surface area contributed by atoms with Crippen LogP contribution in [0.1, 0.15) is 25.3 Å². The van der Waals surface area contributed by atoms with Gasteiger partial charge in [-0.25, -0.2) is 5.84 Å². The standard InChI is InChI=1S/C13H20N2O3/c1-9(2)10-5-4-6-11(7-10)18-12(8-17-3)13(16)15-14/h4-7,9,12H,8,14H2,1-3H3,(H,15,16). The Morgan fingerprint density at radius 3 is 2.72 bits per heavy atom.